The van der Waals surface area contributed by atoms with Crippen molar-refractivity contribution in [2.24, 2.45) is 11.8 Å². The summed E-state index contributed by atoms with van der Waals surface area (Å²) in [6, 6.07) is 0. The maximum absolute atomic E-state index is 12.8. The lowest BCUT2D eigenvalue weighted by Gasteiger charge is -2.49. The van der Waals surface area contributed by atoms with Crippen LogP contribution in [0.25, 0.3) is 0 Å². The molecule has 2 nitrogen and oxygen atoms in total. The van der Waals surface area contributed by atoms with Crippen molar-refractivity contribution < 1.29 is 4.79 Å². The second-order valence-electron chi connectivity index (χ2n) is 6.79. The van der Waals surface area contributed by atoms with Gasteiger partial charge in [0, 0.05) is 18.0 Å². The number of amides is 1. The average Bonchev–Trinajstić information content (AvgIpc) is 2.39. The highest BCUT2D eigenvalue weighted by atomic mass is 16.2. The highest BCUT2D eigenvalue weighted by Gasteiger charge is 2.41. The number of likely N-dealkylation sites (tertiary alicyclic amines) is 1. The Morgan fingerprint density at radius 3 is 2.39 bits per heavy atom. The molecule has 0 spiro atoms. The van der Waals surface area contributed by atoms with Gasteiger partial charge < -0.3 is 4.90 Å². The number of hydrogen-bond acceptors (Lipinski definition) is 1. The first-order valence-electron chi connectivity index (χ1n) is 7.87. The van der Waals surface area contributed by atoms with Crippen molar-refractivity contribution in [1.29, 1.82) is 0 Å². The molecule has 2 rings (SSSR count). The lowest BCUT2D eigenvalue weighted by atomic mass is 9.77. The first-order valence-corrected chi connectivity index (χ1v) is 7.87. The van der Waals surface area contributed by atoms with Crippen LogP contribution in [0.5, 0.6) is 0 Å². The van der Waals surface area contributed by atoms with Crippen LogP contribution in [0.15, 0.2) is 0 Å². The second-order valence-corrected chi connectivity index (χ2v) is 6.79. The molecule has 1 heterocycles. The highest BCUT2D eigenvalue weighted by Crippen LogP contribution is 2.37. The summed E-state index contributed by atoms with van der Waals surface area (Å²) in [6.07, 6.45) is 9.75. The first-order chi connectivity index (χ1) is 8.55. The number of carbonyl (C=O) groups excluding carboxylic acids is 1. The van der Waals surface area contributed by atoms with Gasteiger partial charge >= 0.3 is 0 Å². The predicted octanol–water partition coefficient (Wildman–Crippen LogP) is 3.99. The molecule has 1 atom stereocenters. The van der Waals surface area contributed by atoms with Gasteiger partial charge in [0.25, 0.3) is 0 Å². The summed E-state index contributed by atoms with van der Waals surface area (Å²) in [4.78, 5) is 15.0. The molecule has 0 aromatic heterocycles. The van der Waals surface area contributed by atoms with E-state index >= 15 is 0 Å². The van der Waals surface area contributed by atoms with Crippen molar-refractivity contribution >= 4 is 5.91 Å². The van der Waals surface area contributed by atoms with Crippen LogP contribution in [0, 0.1) is 11.8 Å². The number of hydrogen-bond donors (Lipinski definition) is 0. The maximum atomic E-state index is 12.8. The van der Waals surface area contributed by atoms with Crippen molar-refractivity contribution in [3.05, 3.63) is 0 Å². The molecule has 0 radical (unpaired) electrons. The van der Waals surface area contributed by atoms with Gasteiger partial charge in [0.1, 0.15) is 0 Å². The zero-order valence-electron chi connectivity index (χ0n) is 12.4. The molecule has 0 aromatic rings. The van der Waals surface area contributed by atoms with Gasteiger partial charge in [0.05, 0.1) is 0 Å². The zero-order valence-corrected chi connectivity index (χ0v) is 12.4. The zero-order chi connectivity index (χ0) is 13.2. The molecule has 1 saturated carbocycles. The topological polar surface area (TPSA) is 20.3 Å². The average molecular weight is 251 g/mol. The molecule has 2 aliphatic rings. The van der Waals surface area contributed by atoms with Crippen LogP contribution in [-0.4, -0.2) is 22.9 Å². The smallest absolute Gasteiger partial charge is 0.226 e. The van der Waals surface area contributed by atoms with Crippen molar-refractivity contribution in [3.63, 3.8) is 0 Å². The van der Waals surface area contributed by atoms with Gasteiger partial charge in [-0.05, 0) is 44.9 Å². The Morgan fingerprint density at radius 2 is 1.78 bits per heavy atom. The quantitative estimate of drug-likeness (QED) is 0.726. The van der Waals surface area contributed by atoms with E-state index in [9.17, 15) is 4.79 Å². The normalized spacial score (nSPS) is 30.8. The fourth-order valence-electron chi connectivity index (χ4n) is 3.68. The van der Waals surface area contributed by atoms with Gasteiger partial charge in [-0.1, -0.05) is 33.1 Å². The maximum Gasteiger partial charge on any atom is 0.226 e. The molecular weight excluding hydrogens is 222 g/mol. The van der Waals surface area contributed by atoms with Gasteiger partial charge in [-0.25, -0.2) is 0 Å². The Kier molecular flexibility index (Phi) is 4.34. The summed E-state index contributed by atoms with van der Waals surface area (Å²) in [5.74, 6) is 1.35. The van der Waals surface area contributed by atoms with Crippen LogP contribution in [0.4, 0.5) is 0 Å². The molecule has 104 valence electrons. The summed E-state index contributed by atoms with van der Waals surface area (Å²) >= 11 is 0. The standard InChI is InChI=1S/C16H29NO/c1-13(2)16(3)11-7-8-12-17(16)15(18)14-9-5-4-6-10-14/h13-14H,4-12H2,1-3H3. The third-order valence-corrected chi connectivity index (χ3v) is 5.40. The summed E-state index contributed by atoms with van der Waals surface area (Å²) < 4.78 is 0. The molecule has 1 amide bonds. The predicted molar refractivity (Wildman–Crippen MR) is 75.4 cm³/mol. The van der Waals surface area contributed by atoms with Crippen LogP contribution in [0.1, 0.15) is 72.1 Å². The number of rotatable bonds is 2. The fourth-order valence-corrected chi connectivity index (χ4v) is 3.68. The van der Waals surface area contributed by atoms with Crippen LogP contribution < -0.4 is 0 Å². The SMILES string of the molecule is CC(C)C1(C)CCCCN1C(=O)C1CCCCC1. The van der Waals surface area contributed by atoms with E-state index in [1.54, 1.807) is 0 Å². The molecule has 1 unspecified atom stereocenters. The van der Waals surface area contributed by atoms with E-state index in [1.807, 2.05) is 0 Å². The minimum atomic E-state index is 0.104. The highest BCUT2D eigenvalue weighted by molar-refractivity contribution is 5.79. The lowest BCUT2D eigenvalue weighted by Crippen LogP contribution is -2.57. The van der Waals surface area contributed by atoms with E-state index in [2.05, 4.69) is 25.7 Å². The number of piperidine rings is 1. The molecule has 1 aliphatic carbocycles. The van der Waals surface area contributed by atoms with E-state index in [-0.39, 0.29) is 5.54 Å². The monoisotopic (exact) mass is 251 g/mol. The van der Waals surface area contributed by atoms with Gasteiger partial charge in [-0.15, -0.1) is 0 Å². The molecule has 2 heteroatoms. The van der Waals surface area contributed by atoms with Crippen LogP contribution in [0.2, 0.25) is 0 Å². The van der Waals surface area contributed by atoms with E-state index in [0.29, 0.717) is 17.7 Å². The van der Waals surface area contributed by atoms with E-state index in [0.717, 1.165) is 19.4 Å². The fraction of sp³-hybridized carbons (Fsp3) is 0.938. The Hall–Kier alpha value is -0.530. The van der Waals surface area contributed by atoms with Crippen LogP contribution in [0.3, 0.4) is 0 Å². The Morgan fingerprint density at radius 1 is 1.11 bits per heavy atom. The first kappa shape index (κ1) is 13.9. The third kappa shape index (κ3) is 2.57. The molecule has 0 aromatic carbocycles. The number of nitrogens with zero attached hydrogens (tertiary/aromatic N) is 1. The number of carbonyl (C=O) groups is 1. The Labute approximate surface area is 112 Å². The van der Waals surface area contributed by atoms with Gasteiger partial charge in [0.2, 0.25) is 5.91 Å². The van der Waals surface area contributed by atoms with Gasteiger partial charge in [-0.3, -0.25) is 4.79 Å². The Bertz CT molecular complexity index is 293. The molecule has 18 heavy (non-hydrogen) atoms. The largest absolute Gasteiger partial charge is 0.337 e. The molecule has 1 saturated heterocycles. The van der Waals surface area contributed by atoms with E-state index in [1.165, 1.54) is 38.5 Å². The summed E-state index contributed by atoms with van der Waals surface area (Å²) in [5, 5.41) is 0. The summed E-state index contributed by atoms with van der Waals surface area (Å²) in [5.41, 5.74) is 0.104. The van der Waals surface area contributed by atoms with Crippen molar-refractivity contribution in [3.8, 4) is 0 Å². The van der Waals surface area contributed by atoms with Crippen molar-refractivity contribution in [2.45, 2.75) is 77.7 Å². The summed E-state index contributed by atoms with van der Waals surface area (Å²) in [6.45, 7) is 7.83. The molecule has 2 fully saturated rings. The minimum Gasteiger partial charge on any atom is -0.337 e. The minimum absolute atomic E-state index is 0.104. The second kappa shape index (κ2) is 5.63. The third-order valence-electron chi connectivity index (χ3n) is 5.40. The van der Waals surface area contributed by atoms with E-state index in [4.69, 9.17) is 0 Å². The molecular formula is C16H29NO. The Balaban J connectivity index is 2.10. The molecule has 1 aliphatic heterocycles. The van der Waals surface area contributed by atoms with Crippen molar-refractivity contribution in [1.82, 2.24) is 4.90 Å². The van der Waals surface area contributed by atoms with Crippen molar-refractivity contribution in [2.75, 3.05) is 6.54 Å². The molecule has 0 bridgehead atoms. The van der Waals surface area contributed by atoms with Crippen LogP contribution in [-0.2, 0) is 4.79 Å². The lowest BCUT2D eigenvalue weighted by molar-refractivity contribution is -0.147. The van der Waals surface area contributed by atoms with Gasteiger partial charge in [-0.2, -0.15) is 0 Å². The molecule has 0 N–H and O–H groups in total. The van der Waals surface area contributed by atoms with E-state index < -0.39 is 0 Å². The van der Waals surface area contributed by atoms with Crippen LogP contribution >= 0.6 is 0 Å². The summed E-state index contributed by atoms with van der Waals surface area (Å²) in [7, 11) is 0. The van der Waals surface area contributed by atoms with Gasteiger partial charge in [0.15, 0.2) is 0 Å².